The van der Waals surface area contributed by atoms with Crippen molar-refractivity contribution in [3.63, 3.8) is 0 Å². The molecule has 6 heteroatoms. The van der Waals surface area contributed by atoms with Crippen molar-refractivity contribution >= 4 is 29.2 Å². The lowest BCUT2D eigenvalue weighted by Gasteiger charge is -2.17. The van der Waals surface area contributed by atoms with Gasteiger partial charge in [-0.25, -0.2) is 4.79 Å². The van der Waals surface area contributed by atoms with Gasteiger partial charge in [-0.3, -0.25) is 9.59 Å². The van der Waals surface area contributed by atoms with Crippen LogP contribution >= 0.6 is 0 Å². The van der Waals surface area contributed by atoms with E-state index in [9.17, 15) is 14.4 Å². The summed E-state index contributed by atoms with van der Waals surface area (Å²) < 4.78 is 5.02. The van der Waals surface area contributed by atoms with Crippen LogP contribution in [-0.2, 0) is 14.3 Å². The van der Waals surface area contributed by atoms with Gasteiger partial charge in [0.05, 0.1) is 23.8 Å². The summed E-state index contributed by atoms with van der Waals surface area (Å²) in [6.45, 7) is 4.27. The van der Waals surface area contributed by atoms with Gasteiger partial charge in [0.15, 0.2) is 0 Å². The van der Waals surface area contributed by atoms with Crippen molar-refractivity contribution in [1.29, 1.82) is 0 Å². The molecule has 1 fully saturated rings. The molecule has 6 nitrogen and oxygen atoms in total. The quantitative estimate of drug-likeness (QED) is 0.825. The number of nitrogens with zero attached hydrogens (tertiary/aromatic N) is 1. The maximum Gasteiger partial charge on any atom is 0.340 e. The molecule has 27 heavy (non-hydrogen) atoms. The van der Waals surface area contributed by atoms with Gasteiger partial charge in [0, 0.05) is 18.7 Å². The maximum atomic E-state index is 12.7. The Balaban J connectivity index is 1.72. The number of carbonyl (C=O) groups excluding carboxylic acids is 3. The topological polar surface area (TPSA) is 75.7 Å². The highest BCUT2D eigenvalue weighted by Gasteiger charge is 2.35. The third kappa shape index (κ3) is 4.16. The molecule has 0 bridgehead atoms. The number of amides is 2. The number of hydrogen-bond acceptors (Lipinski definition) is 4. The molecule has 2 amide bonds. The van der Waals surface area contributed by atoms with Gasteiger partial charge in [-0.2, -0.15) is 0 Å². The summed E-state index contributed by atoms with van der Waals surface area (Å²) in [6, 6.07) is 14.3. The number of esters is 1. The largest absolute Gasteiger partial charge is 0.462 e. The van der Waals surface area contributed by atoms with E-state index in [4.69, 9.17) is 4.74 Å². The molecule has 1 aliphatic rings. The van der Waals surface area contributed by atoms with Crippen LogP contribution in [0.3, 0.4) is 0 Å². The number of hydrogen-bond donors (Lipinski definition) is 1. The van der Waals surface area contributed by atoms with E-state index in [0.717, 1.165) is 11.3 Å². The second-order valence-corrected chi connectivity index (χ2v) is 6.50. The molecule has 1 aliphatic heterocycles. The number of ether oxygens (including phenoxy) is 1. The molecular weight excluding hydrogens is 344 g/mol. The fourth-order valence-corrected chi connectivity index (χ4v) is 3.07. The van der Waals surface area contributed by atoms with Gasteiger partial charge in [0.2, 0.25) is 11.8 Å². The minimum atomic E-state index is -0.489. The van der Waals surface area contributed by atoms with Crippen LogP contribution < -0.4 is 10.2 Å². The van der Waals surface area contributed by atoms with E-state index < -0.39 is 11.9 Å². The molecule has 3 rings (SSSR count). The Kier molecular flexibility index (Phi) is 5.54. The first kappa shape index (κ1) is 18.6. The second-order valence-electron chi connectivity index (χ2n) is 6.50. The number of aryl methyl sites for hydroxylation is 1. The zero-order valence-electron chi connectivity index (χ0n) is 15.4. The molecule has 2 aromatic carbocycles. The fraction of sp³-hybridized carbons (Fsp3) is 0.286. The molecule has 0 aliphatic carbocycles. The summed E-state index contributed by atoms with van der Waals surface area (Å²) in [4.78, 5) is 38.7. The maximum absolute atomic E-state index is 12.7. The molecule has 1 unspecified atom stereocenters. The smallest absolute Gasteiger partial charge is 0.340 e. The van der Waals surface area contributed by atoms with E-state index in [1.54, 1.807) is 36.1 Å². The molecule has 140 valence electrons. The number of anilines is 2. The summed E-state index contributed by atoms with van der Waals surface area (Å²) in [5, 5.41) is 2.77. The van der Waals surface area contributed by atoms with Crippen LogP contribution in [0.2, 0.25) is 0 Å². The molecule has 0 radical (unpaired) electrons. The van der Waals surface area contributed by atoms with E-state index in [2.05, 4.69) is 5.32 Å². The Labute approximate surface area is 158 Å². The highest BCUT2D eigenvalue weighted by molar-refractivity contribution is 6.06. The average molecular weight is 366 g/mol. The molecule has 1 saturated heterocycles. The summed E-state index contributed by atoms with van der Waals surface area (Å²) in [7, 11) is 0. The van der Waals surface area contributed by atoms with Crippen LogP contribution in [0.25, 0.3) is 0 Å². The van der Waals surface area contributed by atoms with Crippen LogP contribution in [0.4, 0.5) is 11.4 Å². The Morgan fingerprint density at radius 2 is 1.85 bits per heavy atom. The average Bonchev–Trinajstić information content (AvgIpc) is 3.05. The van der Waals surface area contributed by atoms with Crippen molar-refractivity contribution in [3.8, 4) is 0 Å². The zero-order chi connectivity index (χ0) is 19.4. The Bertz CT molecular complexity index is 861. The highest BCUT2D eigenvalue weighted by atomic mass is 16.5. The Morgan fingerprint density at radius 1 is 1.15 bits per heavy atom. The summed E-state index contributed by atoms with van der Waals surface area (Å²) in [5.41, 5.74) is 2.58. The predicted molar refractivity (Wildman–Crippen MR) is 103 cm³/mol. The van der Waals surface area contributed by atoms with Crippen molar-refractivity contribution in [3.05, 3.63) is 59.7 Å². The van der Waals surface area contributed by atoms with Crippen molar-refractivity contribution < 1.29 is 19.1 Å². The Morgan fingerprint density at radius 3 is 2.56 bits per heavy atom. The minimum absolute atomic E-state index is 0.0855. The number of para-hydroxylation sites is 1. The number of rotatable bonds is 5. The monoisotopic (exact) mass is 366 g/mol. The first-order chi connectivity index (χ1) is 13.0. The molecule has 1 heterocycles. The lowest BCUT2D eigenvalue weighted by molar-refractivity contribution is -0.122. The van der Waals surface area contributed by atoms with E-state index in [1.165, 1.54) is 0 Å². The van der Waals surface area contributed by atoms with Crippen LogP contribution in [0.1, 0.15) is 29.3 Å². The van der Waals surface area contributed by atoms with Crippen molar-refractivity contribution in [2.24, 2.45) is 5.92 Å². The zero-order valence-corrected chi connectivity index (χ0v) is 15.4. The molecule has 0 aromatic heterocycles. The van der Waals surface area contributed by atoms with Crippen molar-refractivity contribution in [2.45, 2.75) is 20.3 Å². The van der Waals surface area contributed by atoms with E-state index in [-0.39, 0.29) is 24.8 Å². The molecule has 1 atom stereocenters. The molecule has 1 N–H and O–H groups in total. The lowest BCUT2D eigenvalue weighted by Crippen LogP contribution is -2.28. The summed E-state index contributed by atoms with van der Waals surface area (Å²) in [5.74, 6) is -1.33. The highest BCUT2D eigenvalue weighted by Crippen LogP contribution is 2.27. The van der Waals surface area contributed by atoms with Crippen LogP contribution in [0.15, 0.2) is 48.5 Å². The number of benzene rings is 2. The van der Waals surface area contributed by atoms with Crippen LogP contribution in [0.5, 0.6) is 0 Å². The summed E-state index contributed by atoms with van der Waals surface area (Å²) >= 11 is 0. The van der Waals surface area contributed by atoms with Gasteiger partial charge >= 0.3 is 5.97 Å². The van der Waals surface area contributed by atoms with Crippen LogP contribution in [-0.4, -0.2) is 30.9 Å². The fourth-order valence-electron chi connectivity index (χ4n) is 3.07. The minimum Gasteiger partial charge on any atom is -0.462 e. The Hall–Kier alpha value is -3.15. The van der Waals surface area contributed by atoms with Gasteiger partial charge in [0.25, 0.3) is 0 Å². The molecular formula is C21H22N2O4. The lowest BCUT2D eigenvalue weighted by atomic mass is 10.1. The number of nitrogens with one attached hydrogen (secondary N) is 1. The van der Waals surface area contributed by atoms with Gasteiger partial charge in [-0.1, -0.05) is 29.8 Å². The first-order valence-electron chi connectivity index (χ1n) is 8.93. The van der Waals surface area contributed by atoms with Gasteiger partial charge in [-0.15, -0.1) is 0 Å². The van der Waals surface area contributed by atoms with E-state index in [0.29, 0.717) is 17.8 Å². The van der Waals surface area contributed by atoms with Crippen molar-refractivity contribution in [2.75, 3.05) is 23.4 Å². The SMILES string of the molecule is CCOC(=O)c1ccccc1NC(=O)C1CC(=O)N(c2ccc(C)cc2)C1. The van der Waals surface area contributed by atoms with Crippen molar-refractivity contribution in [1.82, 2.24) is 0 Å². The standard InChI is InChI=1S/C21H22N2O4/c1-3-27-21(26)17-6-4-5-7-18(17)22-20(25)15-12-19(24)23(13-15)16-10-8-14(2)9-11-16/h4-11,15H,3,12-13H2,1-2H3,(H,22,25). The second kappa shape index (κ2) is 8.03. The molecule has 0 saturated carbocycles. The third-order valence-electron chi connectivity index (χ3n) is 4.52. The van der Waals surface area contributed by atoms with Gasteiger partial charge in [-0.05, 0) is 38.1 Å². The predicted octanol–water partition coefficient (Wildman–Crippen LogP) is 3.16. The van der Waals surface area contributed by atoms with Gasteiger partial charge in [0.1, 0.15) is 0 Å². The first-order valence-corrected chi connectivity index (χ1v) is 8.93. The van der Waals surface area contributed by atoms with E-state index >= 15 is 0 Å². The summed E-state index contributed by atoms with van der Waals surface area (Å²) in [6.07, 6.45) is 0.140. The molecule has 0 spiro atoms. The molecule has 2 aromatic rings. The third-order valence-corrected chi connectivity index (χ3v) is 4.52. The van der Waals surface area contributed by atoms with Crippen LogP contribution in [0, 0.1) is 12.8 Å². The normalized spacial score (nSPS) is 16.3. The van der Waals surface area contributed by atoms with E-state index in [1.807, 2.05) is 31.2 Å². The van der Waals surface area contributed by atoms with Gasteiger partial charge < -0.3 is 15.0 Å². The number of carbonyl (C=O) groups is 3.